The van der Waals surface area contributed by atoms with Crippen molar-refractivity contribution in [2.45, 2.75) is 4.90 Å². The molecule has 1 heterocycles. The summed E-state index contributed by atoms with van der Waals surface area (Å²) in [6, 6.07) is 10.2. The normalized spacial score (nSPS) is 13.9. The highest BCUT2D eigenvalue weighted by molar-refractivity contribution is 7.89. The van der Waals surface area contributed by atoms with Crippen LogP contribution >= 0.6 is 0 Å². The summed E-state index contributed by atoms with van der Waals surface area (Å²) in [6.45, 7) is 0.303. The van der Waals surface area contributed by atoms with E-state index >= 15 is 0 Å². The number of nitrogens with two attached hydrogens (primary N) is 1. The van der Waals surface area contributed by atoms with Crippen molar-refractivity contribution >= 4 is 39.5 Å². The number of amides is 4. The van der Waals surface area contributed by atoms with Crippen LogP contribution in [0.1, 0.15) is 20.7 Å². The molecule has 35 heavy (non-hydrogen) atoms. The molecule has 1 fully saturated rings. The van der Waals surface area contributed by atoms with E-state index < -0.39 is 40.4 Å². The number of hydrazine groups is 1. The van der Waals surface area contributed by atoms with Gasteiger partial charge in [0.1, 0.15) is 0 Å². The molecule has 5 N–H and O–H groups in total. The number of anilines is 1. The Kier molecular flexibility index (Phi) is 8.35. The summed E-state index contributed by atoms with van der Waals surface area (Å²) in [5.41, 5.74) is 9.71. The molecule has 1 aliphatic rings. The number of ether oxygens (including phenoxy) is 2. The molecule has 0 unspecified atom stereocenters. The zero-order valence-electron chi connectivity index (χ0n) is 18.4. The van der Waals surface area contributed by atoms with E-state index in [4.69, 9.17) is 15.2 Å². The predicted octanol–water partition coefficient (Wildman–Crippen LogP) is -0.184. The minimum atomic E-state index is -3.80. The molecule has 4 amide bonds. The summed E-state index contributed by atoms with van der Waals surface area (Å²) < 4.78 is 36.8. The van der Waals surface area contributed by atoms with Gasteiger partial charge in [-0.25, -0.2) is 18.0 Å². The molecule has 186 valence electrons. The first kappa shape index (κ1) is 25.6. The number of benzene rings is 2. The number of nitrogens with zero attached hydrogens (tertiary/aromatic N) is 1. The Balaban J connectivity index is 1.50. The van der Waals surface area contributed by atoms with Gasteiger partial charge >= 0.3 is 12.0 Å². The van der Waals surface area contributed by atoms with Crippen molar-refractivity contribution in [3.63, 3.8) is 0 Å². The highest BCUT2D eigenvalue weighted by Gasteiger charge is 2.27. The number of hydrogen-bond acceptors (Lipinski definition) is 8. The van der Waals surface area contributed by atoms with Crippen LogP contribution < -0.4 is 21.9 Å². The van der Waals surface area contributed by atoms with Gasteiger partial charge in [-0.2, -0.15) is 4.31 Å². The van der Waals surface area contributed by atoms with E-state index in [2.05, 4.69) is 16.2 Å². The Morgan fingerprint density at radius 3 is 2.31 bits per heavy atom. The Hall–Kier alpha value is -4.01. The average molecular weight is 506 g/mol. The number of morpholine rings is 1. The van der Waals surface area contributed by atoms with Gasteiger partial charge < -0.3 is 20.5 Å². The van der Waals surface area contributed by atoms with E-state index in [1.165, 1.54) is 52.8 Å². The summed E-state index contributed by atoms with van der Waals surface area (Å²) >= 11 is 0. The van der Waals surface area contributed by atoms with Crippen molar-refractivity contribution in [1.29, 1.82) is 0 Å². The van der Waals surface area contributed by atoms with Crippen LogP contribution in [0.3, 0.4) is 0 Å². The molecule has 1 aliphatic heterocycles. The number of nitrogens with one attached hydrogen (secondary N) is 3. The standard InChI is InChI=1S/C21H23N5O8S/c22-21(30)23-16-6-4-14(5-7-16)20(29)34-13-18(27)24-25-19(28)15-2-1-3-17(12-15)35(31,32)26-8-10-33-11-9-26/h1-7,12H,8-11,13H2,(H,24,27)(H,25,28)(H3,22,23,30). The molecule has 0 bridgehead atoms. The van der Waals surface area contributed by atoms with Crippen LogP contribution in [0.2, 0.25) is 0 Å². The van der Waals surface area contributed by atoms with E-state index in [9.17, 15) is 27.6 Å². The molecular formula is C21H23N5O8S. The molecule has 1 saturated heterocycles. The molecule has 0 spiro atoms. The van der Waals surface area contributed by atoms with Crippen LogP contribution in [-0.2, 0) is 24.3 Å². The van der Waals surface area contributed by atoms with Crippen molar-refractivity contribution in [3.8, 4) is 0 Å². The van der Waals surface area contributed by atoms with Crippen molar-refractivity contribution in [2.75, 3.05) is 38.2 Å². The number of carbonyl (C=O) groups excluding carboxylic acids is 4. The van der Waals surface area contributed by atoms with Gasteiger partial charge in [0, 0.05) is 24.3 Å². The Morgan fingerprint density at radius 1 is 0.971 bits per heavy atom. The molecule has 3 rings (SSSR count). The highest BCUT2D eigenvalue weighted by atomic mass is 32.2. The smallest absolute Gasteiger partial charge is 0.338 e. The first-order valence-corrected chi connectivity index (χ1v) is 11.7. The van der Waals surface area contributed by atoms with E-state index in [0.717, 1.165) is 0 Å². The fourth-order valence-electron chi connectivity index (χ4n) is 3.01. The lowest BCUT2D eigenvalue weighted by Gasteiger charge is -2.26. The fourth-order valence-corrected chi connectivity index (χ4v) is 4.47. The molecule has 14 heteroatoms. The van der Waals surface area contributed by atoms with Gasteiger partial charge in [0.05, 0.1) is 23.7 Å². The number of primary amides is 1. The maximum absolute atomic E-state index is 12.8. The van der Waals surface area contributed by atoms with E-state index in [1.807, 2.05) is 0 Å². The Labute approximate surface area is 200 Å². The quantitative estimate of drug-likeness (QED) is 0.295. The van der Waals surface area contributed by atoms with E-state index in [1.54, 1.807) is 0 Å². The largest absolute Gasteiger partial charge is 0.452 e. The van der Waals surface area contributed by atoms with E-state index in [-0.39, 0.29) is 42.3 Å². The summed E-state index contributed by atoms with van der Waals surface area (Å²) in [4.78, 5) is 47.1. The first-order valence-electron chi connectivity index (χ1n) is 10.3. The summed E-state index contributed by atoms with van der Waals surface area (Å²) in [6.07, 6.45) is 0. The average Bonchev–Trinajstić information content (AvgIpc) is 2.86. The number of urea groups is 1. The van der Waals surface area contributed by atoms with Gasteiger partial charge in [-0.15, -0.1) is 0 Å². The summed E-state index contributed by atoms with van der Waals surface area (Å²) in [5, 5.41) is 2.33. The molecule has 13 nitrogen and oxygen atoms in total. The van der Waals surface area contributed by atoms with E-state index in [0.29, 0.717) is 5.69 Å². The number of rotatable bonds is 7. The zero-order chi connectivity index (χ0) is 25.4. The fraction of sp³-hybridized carbons (Fsp3) is 0.238. The number of hydrogen-bond donors (Lipinski definition) is 4. The number of carbonyl (C=O) groups is 4. The predicted molar refractivity (Wildman–Crippen MR) is 122 cm³/mol. The van der Waals surface area contributed by atoms with Gasteiger partial charge in [0.25, 0.3) is 11.8 Å². The minimum Gasteiger partial charge on any atom is -0.452 e. The molecule has 0 aliphatic carbocycles. The van der Waals surface area contributed by atoms with Crippen LogP contribution in [0, 0.1) is 0 Å². The highest BCUT2D eigenvalue weighted by Crippen LogP contribution is 2.18. The SMILES string of the molecule is NC(=O)Nc1ccc(C(=O)OCC(=O)NNC(=O)c2cccc(S(=O)(=O)N3CCOCC3)c2)cc1. The van der Waals surface area contributed by atoms with Gasteiger partial charge in [-0.3, -0.25) is 20.4 Å². The molecular weight excluding hydrogens is 482 g/mol. The van der Waals surface area contributed by atoms with Crippen LogP contribution in [0.15, 0.2) is 53.4 Å². The van der Waals surface area contributed by atoms with Crippen LogP contribution in [-0.4, -0.2) is 69.4 Å². The summed E-state index contributed by atoms with van der Waals surface area (Å²) in [5.74, 6) is -2.39. The molecule has 0 aromatic heterocycles. The van der Waals surface area contributed by atoms with Gasteiger partial charge in [-0.1, -0.05) is 6.07 Å². The third kappa shape index (κ3) is 6.99. The number of esters is 1. The van der Waals surface area contributed by atoms with Crippen molar-refractivity contribution in [2.24, 2.45) is 5.73 Å². The lowest BCUT2D eigenvalue weighted by atomic mass is 10.2. The van der Waals surface area contributed by atoms with Crippen LogP contribution in [0.25, 0.3) is 0 Å². The van der Waals surface area contributed by atoms with Crippen LogP contribution in [0.4, 0.5) is 10.5 Å². The summed E-state index contributed by atoms with van der Waals surface area (Å²) in [7, 11) is -3.80. The monoisotopic (exact) mass is 505 g/mol. The first-order chi connectivity index (χ1) is 16.7. The van der Waals surface area contributed by atoms with Gasteiger partial charge in [-0.05, 0) is 42.5 Å². The maximum atomic E-state index is 12.8. The molecule has 0 atom stereocenters. The minimum absolute atomic E-state index is 0.00119. The second-order valence-corrected chi connectivity index (χ2v) is 9.13. The Morgan fingerprint density at radius 2 is 1.66 bits per heavy atom. The van der Waals surface area contributed by atoms with Crippen LogP contribution in [0.5, 0.6) is 0 Å². The Bertz CT molecular complexity index is 1210. The maximum Gasteiger partial charge on any atom is 0.338 e. The second-order valence-electron chi connectivity index (χ2n) is 7.19. The lowest BCUT2D eigenvalue weighted by Crippen LogP contribution is -2.43. The number of sulfonamides is 1. The van der Waals surface area contributed by atoms with Gasteiger partial charge in [0.15, 0.2) is 6.61 Å². The third-order valence-electron chi connectivity index (χ3n) is 4.74. The molecule has 2 aromatic carbocycles. The van der Waals surface area contributed by atoms with Gasteiger partial charge in [0.2, 0.25) is 10.0 Å². The lowest BCUT2D eigenvalue weighted by molar-refractivity contribution is -0.125. The molecule has 0 radical (unpaired) electrons. The third-order valence-corrected chi connectivity index (χ3v) is 6.64. The topological polar surface area (TPSA) is 186 Å². The molecule has 0 saturated carbocycles. The zero-order valence-corrected chi connectivity index (χ0v) is 19.2. The molecule has 2 aromatic rings. The van der Waals surface area contributed by atoms with Crippen molar-refractivity contribution < 1.29 is 37.1 Å². The van der Waals surface area contributed by atoms with Crippen molar-refractivity contribution in [3.05, 3.63) is 59.7 Å². The van der Waals surface area contributed by atoms with Crippen molar-refractivity contribution in [1.82, 2.24) is 15.2 Å². The second kappa shape index (κ2) is 11.4.